The maximum atomic E-state index is 13.2. The van der Waals surface area contributed by atoms with Gasteiger partial charge >= 0.3 is 0 Å². The van der Waals surface area contributed by atoms with Gasteiger partial charge in [0.2, 0.25) is 0 Å². The van der Waals surface area contributed by atoms with Gasteiger partial charge in [-0.2, -0.15) is 0 Å². The first-order valence-electron chi connectivity index (χ1n) is 11.7. The van der Waals surface area contributed by atoms with Crippen LogP contribution in [0.3, 0.4) is 0 Å². The zero-order chi connectivity index (χ0) is 21.0. The molecule has 2 aromatic rings. The van der Waals surface area contributed by atoms with Crippen molar-refractivity contribution in [3.63, 3.8) is 0 Å². The lowest BCUT2D eigenvalue weighted by molar-refractivity contribution is 0.0425. The van der Waals surface area contributed by atoms with Crippen molar-refractivity contribution in [3.05, 3.63) is 59.7 Å². The Bertz CT molecular complexity index is 851. The third-order valence-corrected chi connectivity index (χ3v) is 7.19. The molecule has 3 aliphatic rings. The maximum absolute atomic E-state index is 13.2. The molecular weight excluding hydrogens is 388 g/mol. The predicted molar refractivity (Wildman–Crippen MR) is 119 cm³/mol. The molecule has 0 saturated carbocycles. The zero-order valence-electron chi connectivity index (χ0n) is 18.2. The Hall–Kier alpha value is -2.31. The average Bonchev–Trinajstić information content (AvgIpc) is 3.49. The average molecular weight is 421 g/mol. The molecule has 2 aliphatic heterocycles. The normalized spacial score (nSPS) is 22.5. The van der Waals surface area contributed by atoms with Crippen LogP contribution >= 0.6 is 0 Å². The van der Waals surface area contributed by atoms with E-state index in [1.807, 2.05) is 4.90 Å². The van der Waals surface area contributed by atoms with E-state index in [1.165, 1.54) is 24.0 Å². The molecule has 1 atom stereocenters. The van der Waals surface area contributed by atoms with Crippen molar-refractivity contribution in [2.75, 3.05) is 32.8 Å². The molecule has 0 N–H and O–H groups in total. The summed E-state index contributed by atoms with van der Waals surface area (Å²) in [5.74, 6) is 0.513. The highest BCUT2D eigenvalue weighted by molar-refractivity contribution is 5.92. The van der Waals surface area contributed by atoms with Crippen LogP contribution in [0.1, 0.15) is 47.3 Å². The first-order valence-corrected chi connectivity index (χ1v) is 11.7. The number of hydrogen-bond acceptors (Lipinski definition) is 5. The number of carbonyl (C=O) groups excluding carboxylic acids is 1. The summed E-state index contributed by atoms with van der Waals surface area (Å²) in [5, 5.41) is 0. The van der Waals surface area contributed by atoms with Crippen molar-refractivity contribution in [1.29, 1.82) is 0 Å². The minimum Gasteiger partial charge on any atom is -0.376 e. The molecule has 1 amide bonds. The van der Waals surface area contributed by atoms with Crippen LogP contribution in [0.4, 0.5) is 0 Å². The molecule has 6 nitrogen and oxygen atoms in total. The second-order valence-corrected chi connectivity index (χ2v) is 9.25. The summed E-state index contributed by atoms with van der Waals surface area (Å²) in [5.41, 5.74) is 3.47. The SMILES string of the molecule is O=C(c1cnccn1)N(CC1CCN(C2Cc3ccccc3C2)CC1)CC1CCCO1. The van der Waals surface area contributed by atoms with Gasteiger partial charge in [-0.1, -0.05) is 24.3 Å². The quantitative estimate of drug-likeness (QED) is 0.719. The summed E-state index contributed by atoms with van der Waals surface area (Å²) in [6.45, 7) is 4.49. The van der Waals surface area contributed by atoms with Gasteiger partial charge in [-0.05, 0) is 68.7 Å². The van der Waals surface area contributed by atoms with E-state index in [0.29, 0.717) is 24.2 Å². The molecule has 1 aromatic heterocycles. The number of carbonyl (C=O) groups is 1. The summed E-state index contributed by atoms with van der Waals surface area (Å²) in [6, 6.07) is 9.52. The number of nitrogens with zero attached hydrogens (tertiary/aromatic N) is 4. The van der Waals surface area contributed by atoms with Gasteiger partial charge in [0.1, 0.15) is 5.69 Å². The van der Waals surface area contributed by atoms with Gasteiger partial charge < -0.3 is 9.64 Å². The monoisotopic (exact) mass is 420 g/mol. The molecule has 0 spiro atoms. The number of amides is 1. The van der Waals surface area contributed by atoms with Gasteiger partial charge in [0.05, 0.1) is 12.3 Å². The van der Waals surface area contributed by atoms with Crippen LogP contribution < -0.4 is 0 Å². The van der Waals surface area contributed by atoms with Crippen LogP contribution in [-0.2, 0) is 17.6 Å². The van der Waals surface area contributed by atoms with Gasteiger partial charge in [0.15, 0.2) is 0 Å². The molecular formula is C25H32N4O2. The molecule has 0 bridgehead atoms. The standard InChI is InChI=1S/C25H32N4O2/c30-25(24-16-26-9-10-27-24)29(18-23-6-3-13-31-23)17-19-7-11-28(12-8-19)22-14-20-4-1-2-5-21(20)15-22/h1-2,4-5,9-10,16,19,22-23H,3,6-8,11-15,17-18H2. The Morgan fingerprint density at radius 1 is 1.06 bits per heavy atom. The van der Waals surface area contributed by atoms with Gasteiger partial charge in [-0.25, -0.2) is 4.98 Å². The van der Waals surface area contributed by atoms with E-state index >= 15 is 0 Å². The fourth-order valence-corrected chi connectivity index (χ4v) is 5.45. The van der Waals surface area contributed by atoms with E-state index in [-0.39, 0.29) is 12.0 Å². The van der Waals surface area contributed by atoms with E-state index in [9.17, 15) is 4.79 Å². The van der Waals surface area contributed by atoms with Gasteiger partial charge in [-0.3, -0.25) is 14.7 Å². The summed E-state index contributed by atoms with van der Waals surface area (Å²) >= 11 is 0. The Morgan fingerprint density at radius 3 is 2.48 bits per heavy atom. The fourth-order valence-electron chi connectivity index (χ4n) is 5.45. The highest BCUT2D eigenvalue weighted by Crippen LogP contribution is 2.29. The van der Waals surface area contributed by atoms with Crippen molar-refractivity contribution < 1.29 is 9.53 Å². The second-order valence-electron chi connectivity index (χ2n) is 9.25. The first-order chi connectivity index (χ1) is 15.3. The Labute approximate surface area is 184 Å². The topological polar surface area (TPSA) is 58.6 Å². The minimum atomic E-state index is -0.0164. The molecule has 3 heterocycles. The molecule has 164 valence electrons. The maximum Gasteiger partial charge on any atom is 0.274 e. The van der Waals surface area contributed by atoms with E-state index < -0.39 is 0 Å². The largest absolute Gasteiger partial charge is 0.376 e. The molecule has 5 rings (SSSR count). The van der Waals surface area contributed by atoms with Gasteiger partial charge in [0.25, 0.3) is 5.91 Å². The zero-order valence-corrected chi connectivity index (χ0v) is 18.2. The third-order valence-electron chi connectivity index (χ3n) is 7.19. The van der Waals surface area contributed by atoms with Crippen LogP contribution in [0.5, 0.6) is 0 Å². The van der Waals surface area contributed by atoms with Crippen molar-refractivity contribution in [1.82, 2.24) is 19.8 Å². The highest BCUT2D eigenvalue weighted by atomic mass is 16.5. The number of ether oxygens (including phenoxy) is 1. The number of rotatable bonds is 6. The van der Waals surface area contributed by atoms with Crippen molar-refractivity contribution >= 4 is 5.91 Å². The van der Waals surface area contributed by atoms with Crippen molar-refractivity contribution in [2.45, 2.75) is 50.7 Å². The highest BCUT2D eigenvalue weighted by Gasteiger charge is 2.32. The molecule has 6 heteroatoms. The number of hydrogen-bond donors (Lipinski definition) is 0. The smallest absolute Gasteiger partial charge is 0.274 e. The van der Waals surface area contributed by atoms with Crippen LogP contribution in [0.25, 0.3) is 0 Å². The molecule has 1 aliphatic carbocycles. The van der Waals surface area contributed by atoms with Gasteiger partial charge in [0, 0.05) is 38.1 Å². The minimum absolute atomic E-state index is 0.0164. The number of likely N-dealkylation sites (tertiary alicyclic amines) is 1. The summed E-state index contributed by atoms with van der Waals surface area (Å²) in [6.07, 6.45) is 11.7. The molecule has 2 fully saturated rings. The lowest BCUT2D eigenvalue weighted by Crippen LogP contribution is -2.46. The Balaban J connectivity index is 1.19. The summed E-state index contributed by atoms with van der Waals surface area (Å²) in [4.78, 5) is 26.2. The fraction of sp³-hybridized carbons (Fsp3) is 0.560. The second kappa shape index (κ2) is 9.45. The van der Waals surface area contributed by atoms with Crippen LogP contribution in [-0.4, -0.2) is 70.6 Å². The molecule has 31 heavy (non-hydrogen) atoms. The first kappa shape index (κ1) is 20.6. The van der Waals surface area contributed by atoms with Gasteiger partial charge in [-0.15, -0.1) is 0 Å². The molecule has 0 radical (unpaired) electrons. The van der Waals surface area contributed by atoms with E-state index in [1.54, 1.807) is 18.6 Å². The van der Waals surface area contributed by atoms with E-state index in [4.69, 9.17) is 4.74 Å². The number of benzene rings is 1. The third kappa shape index (κ3) is 4.80. The van der Waals surface area contributed by atoms with Crippen LogP contribution in [0, 0.1) is 5.92 Å². The lowest BCUT2D eigenvalue weighted by Gasteiger charge is -2.38. The predicted octanol–water partition coefficient (Wildman–Crippen LogP) is 2.98. The molecule has 1 aromatic carbocycles. The van der Waals surface area contributed by atoms with Crippen LogP contribution in [0.2, 0.25) is 0 Å². The molecule has 1 unspecified atom stereocenters. The Morgan fingerprint density at radius 2 is 1.84 bits per heavy atom. The van der Waals surface area contributed by atoms with Crippen molar-refractivity contribution in [3.8, 4) is 0 Å². The van der Waals surface area contributed by atoms with Crippen molar-refractivity contribution in [2.24, 2.45) is 5.92 Å². The number of aromatic nitrogens is 2. The van der Waals surface area contributed by atoms with Crippen LogP contribution in [0.15, 0.2) is 42.9 Å². The van der Waals surface area contributed by atoms with E-state index in [2.05, 4.69) is 39.1 Å². The lowest BCUT2D eigenvalue weighted by atomic mass is 9.94. The van der Waals surface area contributed by atoms with E-state index in [0.717, 1.165) is 51.9 Å². The summed E-state index contributed by atoms with van der Waals surface area (Å²) in [7, 11) is 0. The molecule has 2 saturated heterocycles. The Kier molecular flexibility index (Phi) is 6.27. The summed E-state index contributed by atoms with van der Waals surface area (Å²) < 4.78 is 5.84. The number of fused-ring (bicyclic) bond motifs is 1. The number of piperidine rings is 1.